The van der Waals surface area contributed by atoms with Gasteiger partial charge in [0.1, 0.15) is 5.82 Å². The van der Waals surface area contributed by atoms with Gasteiger partial charge in [-0.15, -0.1) is 0 Å². The molecule has 0 radical (unpaired) electrons. The Morgan fingerprint density at radius 1 is 1.33 bits per heavy atom. The largest absolute Gasteiger partial charge is 0.331 e. The molecule has 1 N–H and O–H groups in total. The van der Waals surface area contributed by atoms with Crippen LogP contribution >= 0.6 is 15.9 Å². The Morgan fingerprint density at radius 2 is 2.00 bits per heavy atom. The van der Waals surface area contributed by atoms with Crippen molar-refractivity contribution < 1.29 is 14.0 Å². The number of aliphatic imine (C=N–C) groups is 1. The lowest BCUT2D eigenvalue weighted by Gasteiger charge is -2.35. The number of carbonyl (C=O) groups excluding carboxylic acids is 2. The van der Waals surface area contributed by atoms with Crippen LogP contribution in [-0.4, -0.2) is 45.7 Å². The zero-order valence-electron chi connectivity index (χ0n) is 11.1. The van der Waals surface area contributed by atoms with E-state index in [0.29, 0.717) is 11.3 Å². The van der Waals surface area contributed by atoms with E-state index < -0.39 is 18.2 Å². The molecule has 2 aliphatic rings. The smallest absolute Gasteiger partial charge is 0.325 e. The number of fused-ring (bicyclic) bond motifs is 1. The van der Waals surface area contributed by atoms with E-state index >= 15 is 0 Å². The van der Waals surface area contributed by atoms with Crippen molar-refractivity contribution in [2.75, 3.05) is 7.05 Å². The summed E-state index contributed by atoms with van der Waals surface area (Å²) in [5.41, 5.74) is 0.844. The Labute approximate surface area is 128 Å². The summed E-state index contributed by atoms with van der Waals surface area (Å²) in [5, 5.41) is 2.30. The molecule has 0 aliphatic carbocycles. The molecular weight excluding hydrogens is 343 g/mol. The molecule has 0 aromatic heterocycles. The van der Waals surface area contributed by atoms with E-state index in [9.17, 15) is 14.0 Å². The number of hydrogen-bond acceptors (Lipinski definition) is 4. The third-order valence-electron chi connectivity index (χ3n) is 3.58. The van der Waals surface area contributed by atoms with Crippen LogP contribution in [0.3, 0.4) is 0 Å². The SMILES string of the molecule is CN1C(=O)NC(=O)C2C1N=C(Br)N2Cc1ccc(F)cc1. The number of rotatable bonds is 2. The average molecular weight is 355 g/mol. The summed E-state index contributed by atoms with van der Waals surface area (Å²) in [4.78, 5) is 31.1. The Hall–Kier alpha value is -1.96. The molecule has 1 aromatic carbocycles. The summed E-state index contributed by atoms with van der Waals surface area (Å²) in [6, 6.07) is 4.98. The zero-order chi connectivity index (χ0) is 15.1. The minimum absolute atomic E-state index is 0.313. The molecule has 0 bridgehead atoms. The first-order chi connectivity index (χ1) is 9.97. The van der Waals surface area contributed by atoms with Crippen molar-refractivity contribution in [3.05, 3.63) is 35.6 Å². The van der Waals surface area contributed by atoms with E-state index in [4.69, 9.17) is 0 Å². The highest BCUT2D eigenvalue weighted by Gasteiger charge is 2.47. The Kier molecular flexibility index (Phi) is 3.40. The first kappa shape index (κ1) is 14.0. The highest BCUT2D eigenvalue weighted by molar-refractivity contribution is 9.18. The van der Waals surface area contributed by atoms with Gasteiger partial charge in [0.15, 0.2) is 17.0 Å². The van der Waals surface area contributed by atoms with Gasteiger partial charge < -0.3 is 9.80 Å². The second-order valence-electron chi connectivity index (χ2n) is 4.92. The lowest BCUT2D eigenvalue weighted by molar-refractivity contribution is -0.127. The molecule has 1 fully saturated rings. The van der Waals surface area contributed by atoms with Crippen LogP contribution in [0.4, 0.5) is 9.18 Å². The molecule has 3 amide bonds. The number of nitrogens with zero attached hydrogens (tertiary/aromatic N) is 3. The molecular formula is C13H12BrFN4O2. The molecule has 0 spiro atoms. The second kappa shape index (κ2) is 5.10. The van der Waals surface area contributed by atoms with Crippen LogP contribution in [0.2, 0.25) is 0 Å². The highest BCUT2D eigenvalue weighted by atomic mass is 79.9. The van der Waals surface area contributed by atoms with Gasteiger partial charge in [0, 0.05) is 13.6 Å². The fourth-order valence-corrected chi connectivity index (χ4v) is 3.00. The van der Waals surface area contributed by atoms with Gasteiger partial charge >= 0.3 is 6.03 Å². The van der Waals surface area contributed by atoms with E-state index in [1.165, 1.54) is 17.0 Å². The number of urea groups is 1. The zero-order valence-corrected chi connectivity index (χ0v) is 12.7. The first-order valence-electron chi connectivity index (χ1n) is 6.29. The van der Waals surface area contributed by atoms with Crippen LogP contribution in [-0.2, 0) is 11.3 Å². The first-order valence-corrected chi connectivity index (χ1v) is 7.08. The van der Waals surface area contributed by atoms with Crippen LogP contribution in [0.5, 0.6) is 0 Å². The Bertz CT molecular complexity index is 634. The van der Waals surface area contributed by atoms with Crippen molar-refractivity contribution in [1.29, 1.82) is 0 Å². The van der Waals surface area contributed by atoms with Gasteiger partial charge in [-0.2, -0.15) is 0 Å². The molecule has 2 atom stereocenters. The van der Waals surface area contributed by atoms with Gasteiger partial charge in [-0.1, -0.05) is 12.1 Å². The van der Waals surface area contributed by atoms with Crippen molar-refractivity contribution in [3.8, 4) is 0 Å². The number of imide groups is 1. The van der Waals surface area contributed by atoms with Crippen LogP contribution in [0, 0.1) is 5.82 Å². The maximum absolute atomic E-state index is 12.9. The number of likely N-dealkylation sites (N-methyl/N-ethyl adjacent to an activating group) is 1. The van der Waals surface area contributed by atoms with E-state index in [1.54, 1.807) is 24.1 Å². The van der Waals surface area contributed by atoms with Crippen LogP contribution in [0.1, 0.15) is 5.56 Å². The number of hydrogen-bond donors (Lipinski definition) is 1. The molecule has 8 heteroatoms. The quantitative estimate of drug-likeness (QED) is 0.813. The number of nitrogens with one attached hydrogen (secondary N) is 1. The summed E-state index contributed by atoms with van der Waals surface area (Å²) in [6.07, 6.45) is -0.555. The third kappa shape index (κ3) is 2.39. The topological polar surface area (TPSA) is 65.0 Å². The van der Waals surface area contributed by atoms with Gasteiger partial charge in [-0.25, -0.2) is 14.2 Å². The standard InChI is InChI=1S/C13H12BrFN4O2/c1-18-10-9(11(20)17-13(18)21)19(12(14)16-10)6-7-2-4-8(15)5-3-7/h2-5,9-10H,6H2,1H3,(H,17,20,21). The lowest BCUT2D eigenvalue weighted by atomic mass is 10.1. The monoisotopic (exact) mass is 354 g/mol. The van der Waals surface area contributed by atoms with Gasteiger partial charge in [0.2, 0.25) is 0 Å². The summed E-state index contributed by atoms with van der Waals surface area (Å²) in [6.45, 7) is 0.390. The molecule has 2 heterocycles. The molecule has 6 nitrogen and oxygen atoms in total. The lowest BCUT2D eigenvalue weighted by Crippen LogP contribution is -2.63. The Balaban J connectivity index is 1.86. The van der Waals surface area contributed by atoms with Gasteiger partial charge in [0.05, 0.1) is 0 Å². The van der Waals surface area contributed by atoms with E-state index in [1.807, 2.05) is 0 Å². The summed E-state index contributed by atoms with van der Waals surface area (Å²) < 4.78 is 13.4. The molecule has 2 aliphatic heterocycles. The third-order valence-corrected chi connectivity index (χ3v) is 4.24. The van der Waals surface area contributed by atoms with Gasteiger partial charge in [-0.3, -0.25) is 10.1 Å². The molecule has 0 saturated carbocycles. The molecule has 2 unspecified atom stereocenters. The summed E-state index contributed by atoms with van der Waals surface area (Å²) in [5.74, 6) is -0.699. The maximum Gasteiger partial charge on any atom is 0.325 e. The van der Waals surface area contributed by atoms with Gasteiger partial charge in [0.25, 0.3) is 5.91 Å². The summed E-state index contributed by atoms with van der Waals surface area (Å²) in [7, 11) is 1.59. The van der Waals surface area contributed by atoms with Crippen LogP contribution < -0.4 is 5.32 Å². The number of halogens is 2. The molecule has 3 rings (SSSR count). The number of amides is 3. The number of amidine groups is 1. The predicted octanol–water partition coefficient (Wildman–Crippen LogP) is 1.27. The molecule has 1 saturated heterocycles. The fourth-order valence-electron chi connectivity index (χ4n) is 2.44. The number of carbonyl (C=O) groups is 2. The molecule has 21 heavy (non-hydrogen) atoms. The van der Waals surface area contributed by atoms with Crippen molar-refractivity contribution in [2.24, 2.45) is 4.99 Å². The van der Waals surface area contributed by atoms with Crippen molar-refractivity contribution in [1.82, 2.24) is 15.1 Å². The Morgan fingerprint density at radius 3 is 2.67 bits per heavy atom. The minimum Gasteiger partial charge on any atom is -0.331 e. The van der Waals surface area contributed by atoms with Crippen LogP contribution in [0.15, 0.2) is 29.3 Å². The van der Waals surface area contributed by atoms with Gasteiger partial charge in [-0.05, 0) is 33.6 Å². The normalized spacial score (nSPS) is 24.8. The van der Waals surface area contributed by atoms with E-state index in [2.05, 4.69) is 26.2 Å². The van der Waals surface area contributed by atoms with E-state index in [-0.39, 0.29) is 11.7 Å². The average Bonchev–Trinajstić information content (AvgIpc) is 2.77. The highest BCUT2D eigenvalue weighted by Crippen LogP contribution is 2.27. The summed E-state index contributed by atoms with van der Waals surface area (Å²) >= 11 is 3.33. The maximum atomic E-state index is 12.9. The predicted molar refractivity (Wildman–Crippen MR) is 77.2 cm³/mol. The molecule has 1 aromatic rings. The second-order valence-corrected chi connectivity index (χ2v) is 5.63. The van der Waals surface area contributed by atoms with Crippen molar-refractivity contribution in [3.63, 3.8) is 0 Å². The number of benzene rings is 1. The van der Waals surface area contributed by atoms with Crippen molar-refractivity contribution >= 4 is 32.6 Å². The molecule has 110 valence electrons. The van der Waals surface area contributed by atoms with Crippen molar-refractivity contribution in [2.45, 2.75) is 18.8 Å². The minimum atomic E-state index is -0.591. The fraction of sp³-hybridized carbons (Fsp3) is 0.308. The van der Waals surface area contributed by atoms with E-state index in [0.717, 1.165) is 5.56 Å². The van der Waals surface area contributed by atoms with Crippen LogP contribution in [0.25, 0.3) is 0 Å².